The highest BCUT2D eigenvalue weighted by Crippen LogP contribution is 2.30. The Bertz CT molecular complexity index is 934. The molecule has 7 nitrogen and oxygen atoms in total. The number of nitrogens with zero attached hydrogens (tertiary/aromatic N) is 3. The number of benzene rings is 2. The molecule has 0 saturated heterocycles. The Morgan fingerprint density at radius 2 is 1.74 bits per heavy atom. The largest absolute Gasteiger partial charge is 0.471 e. The summed E-state index contributed by atoms with van der Waals surface area (Å²) in [5.74, 6) is -2.19. The number of halogens is 3. The van der Waals surface area contributed by atoms with Gasteiger partial charge in [0.05, 0.1) is 4.90 Å². The van der Waals surface area contributed by atoms with Crippen LogP contribution in [0.1, 0.15) is 0 Å². The summed E-state index contributed by atoms with van der Waals surface area (Å²) < 4.78 is 63.4. The summed E-state index contributed by atoms with van der Waals surface area (Å²) >= 11 is 0. The summed E-state index contributed by atoms with van der Waals surface area (Å²) in [5, 5.41) is 1.74. The third kappa shape index (κ3) is 3.35. The minimum atomic E-state index is -5.09. The van der Waals surface area contributed by atoms with Gasteiger partial charge in [-0.05, 0) is 17.7 Å². The van der Waals surface area contributed by atoms with Gasteiger partial charge in [-0.25, -0.2) is 8.42 Å². The van der Waals surface area contributed by atoms with Crippen molar-refractivity contribution >= 4 is 32.4 Å². The maximum absolute atomic E-state index is 12.3. The predicted octanol–water partition coefficient (Wildman–Crippen LogP) is 3.34. The molecule has 0 saturated carbocycles. The topological polar surface area (TPSA) is 112 Å². The van der Waals surface area contributed by atoms with Crippen LogP contribution in [0.15, 0.2) is 45.8 Å². The van der Waals surface area contributed by atoms with Gasteiger partial charge in [0.2, 0.25) is 0 Å². The molecule has 0 atom stereocenters. The van der Waals surface area contributed by atoms with Gasteiger partial charge in [-0.1, -0.05) is 24.3 Å². The lowest BCUT2D eigenvalue weighted by molar-refractivity contribution is -0.167. The van der Waals surface area contributed by atoms with Crippen LogP contribution in [0.5, 0.6) is 0 Å². The zero-order chi connectivity index (χ0) is 17.3. The predicted molar refractivity (Wildman–Crippen MR) is 75.0 cm³/mol. The fourth-order valence-corrected chi connectivity index (χ4v) is 2.79. The monoisotopic (exact) mass is 344 g/mol. The number of carbonyl (C=O) groups is 1. The Labute approximate surface area is 127 Å². The second-order valence-corrected chi connectivity index (χ2v) is 5.81. The first-order valence-electron chi connectivity index (χ1n) is 5.88. The van der Waals surface area contributed by atoms with Crippen LogP contribution in [0.2, 0.25) is 0 Å². The van der Waals surface area contributed by atoms with E-state index in [0.717, 1.165) is 6.07 Å². The zero-order valence-electron chi connectivity index (χ0n) is 11.1. The molecule has 0 aliphatic rings. The molecule has 1 N–H and O–H groups in total. The minimum absolute atomic E-state index is 0.0138. The first-order valence-corrected chi connectivity index (χ1v) is 7.32. The number of amides is 1. The number of alkyl halides is 3. The molecule has 2 rings (SSSR count). The number of fused-ring (bicyclic) bond motifs is 1. The van der Waals surface area contributed by atoms with Gasteiger partial charge in [-0.3, -0.25) is 4.79 Å². The van der Waals surface area contributed by atoms with Crippen molar-refractivity contribution in [2.24, 2.45) is 4.52 Å². The molecule has 11 heteroatoms. The van der Waals surface area contributed by atoms with Crippen molar-refractivity contribution in [3.63, 3.8) is 0 Å². The van der Waals surface area contributed by atoms with E-state index in [4.69, 9.17) is 5.53 Å². The smallest absolute Gasteiger partial charge is 0.318 e. The molecular formula is C12H7F3N4O3S. The lowest BCUT2D eigenvalue weighted by Gasteiger charge is -2.12. The van der Waals surface area contributed by atoms with Crippen LogP contribution in [-0.2, 0) is 14.8 Å². The molecule has 23 heavy (non-hydrogen) atoms. The molecule has 1 amide bonds. The number of anilines is 1. The van der Waals surface area contributed by atoms with Gasteiger partial charge in [0, 0.05) is 25.9 Å². The molecule has 0 aliphatic heterocycles. The van der Waals surface area contributed by atoms with Gasteiger partial charge in [0.25, 0.3) is 10.0 Å². The first-order chi connectivity index (χ1) is 10.7. The number of hydrogen-bond acceptors (Lipinski definition) is 3. The second-order valence-electron chi connectivity index (χ2n) is 4.25. The van der Waals surface area contributed by atoms with E-state index in [1.807, 2.05) is 0 Å². The quantitative estimate of drug-likeness (QED) is 0.523. The molecule has 0 aliphatic carbocycles. The molecule has 0 bridgehead atoms. The number of carbonyl (C=O) groups excluding carboxylic acids is 1. The van der Waals surface area contributed by atoms with E-state index in [-0.39, 0.29) is 21.4 Å². The molecule has 0 fully saturated rings. The van der Waals surface area contributed by atoms with Crippen LogP contribution in [0.25, 0.3) is 21.2 Å². The van der Waals surface area contributed by atoms with Crippen molar-refractivity contribution in [1.82, 2.24) is 0 Å². The van der Waals surface area contributed by atoms with Crippen molar-refractivity contribution in [3.05, 3.63) is 46.8 Å². The van der Waals surface area contributed by atoms with Crippen LogP contribution in [-0.4, -0.2) is 20.5 Å². The highest BCUT2D eigenvalue weighted by molar-refractivity contribution is 7.90. The maximum Gasteiger partial charge on any atom is 0.471 e. The average Bonchev–Trinajstić information content (AvgIpc) is 2.46. The van der Waals surface area contributed by atoms with Crippen molar-refractivity contribution in [1.29, 1.82) is 0 Å². The van der Waals surface area contributed by atoms with Gasteiger partial charge >= 0.3 is 12.1 Å². The zero-order valence-corrected chi connectivity index (χ0v) is 11.9. The molecule has 0 spiro atoms. The normalized spacial score (nSPS) is 11.8. The molecule has 120 valence electrons. The molecule has 0 aromatic heterocycles. The van der Waals surface area contributed by atoms with Gasteiger partial charge in [-0.2, -0.15) is 13.2 Å². The fraction of sp³-hybridized carbons (Fsp3) is 0.0833. The summed E-state index contributed by atoms with van der Waals surface area (Å²) in [4.78, 5) is 12.9. The van der Waals surface area contributed by atoms with Crippen LogP contribution >= 0.6 is 0 Å². The maximum atomic E-state index is 12.3. The Morgan fingerprint density at radius 3 is 2.35 bits per heavy atom. The van der Waals surface area contributed by atoms with E-state index in [0.29, 0.717) is 0 Å². The molecular weight excluding hydrogens is 337 g/mol. The molecule has 2 aromatic rings. The Morgan fingerprint density at radius 1 is 1.13 bits per heavy atom. The highest BCUT2D eigenvalue weighted by Gasteiger charge is 2.38. The third-order valence-electron chi connectivity index (χ3n) is 2.81. The lowest BCUT2D eigenvalue weighted by Crippen LogP contribution is -2.30. The van der Waals surface area contributed by atoms with E-state index < -0.39 is 22.1 Å². The van der Waals surface area contributed by atoms with E-state index in [9.17, 15) is 26.4 Å². The summed E-state index contributed by atoms with van der Waals surface area (Å²) in [6.07, 6.45) is -5.09. The summed E-state index contributed by atoms with van der Waals surface area (Å²) in [6.45, 7) is 0. The minimum Gasteiger partial charge on any atom is -0.318 e. The van der Waals surface area contributed by atoms with Crippen molar-refractivity contribution in [2.75, 3.05) is 5.32 Å². The Hall–Kier alpha value is -2.78. The first kappa shape index (κ1) is 16.6. The van der Waals surface area contributed by atoms with E-state index in [1.165, 1.54) is 30.3 Å². The molecule has 2 aromatic carbocycles. The highest BCUT2D eigenvalue weighted by atomic mass is 32.2. The number of azide groups is 1. The Balaban J connectivity index is 2.65. The van der Waals surface area contributed by atoms with Crippen LogP contribution in [0.3, 0.4) is 0 Å². The second kappa shape index (κ2) is 5.78. The van der Waals surface area contributed by atoms with E-state index >= 15 is 0 Å². The third-order valence-corrected chi connectivity index (χ3v) is 4.01. The number of sulfonamides is 1. The average molecular weight is 344 g/mol. The Kier molecular flexibility index (Phi) is 4.17. The molecule has 0 heterocycles. The van der Waals surface area contributed by atoms with Gasteiger partial charge in [-0.15, -0.1) is 0 Å². The standard InChI is InChI=1S/C12H7F3N4O3S/c13-12(14,15)11(20)17-9-5-1-4-8-7(9)3-2-6-10(8)23(21,22)19-18-16/h1-6H,(H,17,20). The van der Waals surface area contributed by atoms with Gasteiger partial charge in [0.1, 0.15) is 0 Å². The molecule has 0 unspecified atom stereocenters. The summed E-state index contributed by atoms with van der Waals surface area (Å²) in [7, 11) is -4.34. The van der Waals surface area contributed by atoms with E-state index in [2.05, 4.69) is 9.43 Å². The number of hydrogen-bond donors (Lipinski definition) is 1. The lowest BCUT2D eigenvalue weighted by atomic mass is 10.1. The van der Waals surface area contributed by atoms with Gasteiger partial charge in [0.15, 0.2) is 0 Å². The van der Waals surface area contributed by atoms with Gasteiger partial charge < -0.3 is 5.32 Å². The fourth-order valence-electron chi connectivity index (χ4n) is 1.90. The van der Waals surface area contributed by atoms with E-state index in [1.54, 1.807) is 5.32 Å². The number of nitrogens with one attached hydrogen (secondary N) is 1. The summed E-state index contributed by atoms with van der Waals surface area (Å²) in [6, 6.07) is 7.50. The SMILES string of the molecule is [N-]=[N+]=NS(=O)(=O)c1cccc2c(NC(=O)C(F)(F)F)cccc12. The van der Waals surface area contributed by atoms with Crippen LogP contribution in [0, 0.1) is 0 Å². The van der Waals surface area contributed by atoms with Crippen LogP contribution in [0.4, 0.5) is 18.9 Å². The van der Waals surface area contributed by atoms with Crippen LogP contribution < -0.4 is 5.32 Å². The summed E-state index contributed by atoms with van der Waals surface area (Å²) in [5.41, 5.74) is 8.08. The van der Waals surface area contributed by atoms with Crippen molar-refractivity contribution in [3.8, 4) is 0 Å². The van der Waals surface area contributed by atoms with Crippen molar-refractivity contribution in [2.45, 2.75) is 11.1 Å². The van der Waals surface area contributed by atoms with Crippen molar-refractivity contribution < 1.29 is 26.4 Å². The number of rotatable bonds is 3. The molecule has 0 radical (unpaired) electrons.